The molecular weight excluding hydrogens is 204 g/mol. The van der Waals surface area contributed by atoms with Gasteiger partial charge in [0, 0.05) is 5.57 Å². The van der Waals surface area contributed by atoms with Crippen molar-refractivity contribution in [2.45, 2.75) is 51.9 Å². The van der Waals surface area contributed by atoms with E-state index in [4.69, 9.17) is 4.74 Å². The molecule has 0 amide bonds. The molecule has 0 saturated carbocycles. The van der Waals surface area contributed by atoms with Crippen LogP contribution in [0.25, 0.3) is 0 Å². The summed E-state index contributed by atoms with van der Waals surface area (Å²) in [5, 5.41) is 0. The van der Waals surface area contributed by atoms with E-state index in [-0.39, 0.29) is 5.97 Å². The number of rotatable bonds is 7. The first-order valence-electron chi connectivity index (χ1n) is 5.84. The van der Waals surface area contributed by atoms with Crippen molar-refractivity contribution in [3.8, 4) is 0 Å². The molecule has 0 aromatic heterocycles. The normalized spacial score (nSPS) is 11.2. The highest BCUT2D eigenvalue weighted by molar-refractivity contribution is 6.79. The molecule has 0 spiro atoms. The van der Waals surface area contributed by atoms with E-state index in [1.54, 1.807) is 6.92 Å². The van der Waals surface area contributed by atoms with E-state index in [0.29, 0.717) is 12.2 Å². The molecule has 88 valence electrons. The third-order valence-electron chi connectivity index (χ3n) is 3.46. The Balaban J connectivity index is 4.02. The maximum atomic E-state index is 11.2. The van der Waals surface area contributed by atoms with Gasteiger partial charge in [-0.1, -0.05) is 45.5 Å². The van der Waals surface area contributed by atoms with Crippen LogP contribution in [0.15, 0.2) is 12.2 Å². The molecule has 0 unspecified atom stereocenters. The maximum Gasteiger partial charge on any atom is 0.333 e. The summed E-state index contributed by atoms with van der Waals surface area (Å²) in [7, 11) is -1.13. The lowest BCUT2D eigenvalue weighted by Gasteiger charge is -2.27. The Hall–Kier alpha value is -0.573. The van der Waals surface area contributed by atoms with E-state index in [2.05, 4.69) is 27.4 Å². The molecule has 0 aromatic carbocycles. The first kappa shape index (κ1) is 14.4. The van der Waals surface area contributed by atoms with Crippen LogP contribution in [0.3, 0.4) is 0 Å². The van der Waals surface area contributed by atoms with Crippen LogP contribution in [0, 0.1) is 0 Å². The van der Waals surface area contributed by atoms with Crippen molar-refractivity contribution >= 4 is 14.0 Å². The summed E-state index contributed by atoms with van der Waals surface area (Å²) in [6, 6.07) is 4.94. The molecule has 0 fully saturated rings. The van der Waals surface area contributed by atoms with Crippen molar-refractivity contribution in [2.24, 2.45) is 0 Å². The van der Waals surface area contributed by atoms with Crippen LogP contribution in [0.1, 0.15) is 27.7 Å². The first-order chi connectivity index (χ1) is 7.01. The minimum atomic E-state index is -1.13. The topological polar surface area (TPSA) is 26.3 Å². The van der Waals surface area contributed by atoms with E-state index in [0.717, 1.165) is 6.04 Å². The third kappa shape index (κ3) is 4.65. The molecule has 0 aliphatic carbocycles. The molecule has 15 heavy (non-hydrogen) atoms. The SMILES string of the molecule is C=C(C)C(=O)OCC[Si](CC)(CC)CC. The zero-order valence-corrected chi connectivity index (χ0v) is 11.6. The Labute approximate surface area is 94.7 Å². The molecule has 0 heterocycles. The fourth-order valence-corrected chi connectivity index (χ4v) is 4.86. The molecule has 0 aromatic rings. The number of esters is 1. The van der Waals surface area contributed by atoms with Crippen LogP contribution in [0.5, 0.6) is 0 Å². The van der Waals surface area contributed by atoms with Crippen LogP contribution < -0.4 is 0 Å². The molecule has 0 radical (unpaired) electrons. The lowest BCUT2D eigenvalue weighted by atomic mass is 10.4. The van der Waals surface area contributed by atoms with Gasteiger partial charge in [-0.15, -0.1) is 0 Å². The van der Waals surface area contributed by atoms with Gasteiger partial charge < -0.3 is 4.74 Å². The summed E-state index contributed by atoms with van der Waals surface area (Å²) in [5.74, 6) is -0.249. The van der Waals surface area contributed by atoms with Gasteiger partial charge in [-0.25, -0.2) is 4.79 Å². The number of ether oxygens (including phenoxy) is 1. The van der Waals surface area contributed by atoms with Gasteiger partial charge in [0.2, 0.25) is 0 Å². The van der Waals surface area contributed by atoms with E-state index in [1.807, 2.05) is 0 Å². The van der Waals surface area contributed by atoms with E-state index in [1.165, 1.54) is 18.1 Å². The Morgan fingerprint density at radius 1 is 1.20 bits per heavy atom. The zero-order chi connectivity index (χ0) is 11.9. The fraction of sp³-hybridized carbons (Fsp3) is 0.750. The van der Waals surface area contributed by atoms with Gasteiger partial charge in [0.1, 0.15) is 0 Å². The Bertz CT molecular complexity index is 211. The number of hydrogen-bond acceptors (Lipinski definition) is 2. The highest BCUT2D eigenvalue weighted by Gasteiger charge is 2.26. The smallest absolute Gasteiger partial charge is 0.333 e. The summed E-state index contributed by atoms with van der Waals surface area (Å²) in [5.41, 5.74) is 0.492. The van der Waals surface area contributed by atoms with Crippen molar-refractivity contribution in [2.75, 3.05) is 6.61 Å². The predicted molar refractivity (Wildman–Crippen MR) is 67.8 cm³/mol. The predicted octanol–water partition coefficient (Wildman–Crippen LogP) is 3.61. The van der Waals surface area contributed by atoms with E-state index in [9.17, 15) is 4.79 Å². The van der Waals surface area contributed by atoms with Gasteiger partial charge in [-0.2, -0.15) is 0 Å². The lowest BCUT2D eigenvalue weighted by Crippen LogP contribution is -2.32. The number of hydrogen-bond donors (Lipinski definition) is 0. The first-order valence-corrected chi connectivity index (χ1v) is 8.66. The molecule has 0 aliphatic heterocycles. The summed E-state index contributed by atoms with van der Waals surface area (Å²) >= 11 is 0. The maximum absolute atomic E-state index is 11.2. The summed E-state index contributed by atoms with van der Waals surface area (Å²) < 4.78 is 5.16. The molecule has 0 bridgehead atoms. The van der Waals surface area contributed by atoms with Crippen LogP contribution in [-0.4, -0.2) is 20.7 Å². The highest BCUT2D eigenvalue weighted by atomic mass is 28.3. The summed E-state index contributed by atoms with van der Waals surface area (Å²) in [6.07, 6.45) is 0. The van der Waals surface area contributed by atoms with E-state index >= 15 is 0 Å². The van der Waals surface area contributed by atoms with Crippen molar-refractivity contribution in [3.63, 3.8) is 0 Å². The second-order valence-corrected chi connectivity index (χ2v) is 9.85. The van der Waals surface area contributed by atoms with Crippen molar-refractivity contribution in [1.29, 1.82) is 0 Å². The van der Waals surface area contributed by atoms with Crippen molar-refractivity contribution in [1.82, 2.24) is 0 Å². The Kier molecular flexibility index (Phi) is 6.57. The largest absolute Gasteiger partial charge is 0.463 e. The van der Waals surface area contributed by atoms with E-state index < -0.39 is 8.07 Å². The lowest BCUT2D eigenvalue weighted by molar-refractivity contribution is -0.138. The van der Waals surface area contributed by atoms with Gasteiger partial charge in [-0.3, -0.25) is 0 Å². The average molecular weight is 228 g/mol. The van der Waals surface area contributed by atoms with Gasteiger partial charge in [0.15, 0.2) is 0 Å². The molecule has 0 atom stereocenters. The minimum Gasteiger partial charge on any atom is -0.463 e. The number of carbonyl (C=O) groups is 1. The van der Waals surface area contributed by atoms with Gasteiger partial charge in [0.05, 0.1) is 14.7 Å². The monoisotopic (exact) mass is 228 g/mol. The third-order valence-corrected chi connectivity index (χ3v) is 9.23. The van der Waals surface area contributed by atoms with Crippen molar-refractivity contribution < 1.29 is 9.53 Å². The molecular formula is C12H24O2Si. The van der Waals surface area contributed by atoms with Crippen LogP contribution in [0.2, 0.25) is 24.2 Å². The second-order valence-electron chi connectivity index (χ2n) is 4.23. The number of carbonyl (C=O) groups excluding carboxylic acids is 1. The quantitative estimate of drug-likeness (QED) is 0.378. The Morgan fingerprint density at radius 2 is 1.67 bits per heavy atom. The summed E-state index contributed by atoms with van der Waals surface area (Å²) in [4.78, 5) is 11.2. The summed E-state index contributed by atoms with van der Waals surface area (Å²) in [6.45, 7) is 12.6. The van der Waals surface area contributed by atoms with Crippen LogP contribution in [-0.2, 0) is 9.53 Å². The van der Waals surface area contributed by atoms with Gasteiger partial charge in [0.25, 0.3) is 0 Å². The Morgan fingerprint density at radius 3 is 2.00 bits per heavy atom. The fourth-order valence-electron chi connectivity index (χ4n) is 1.76. The molecule has 3 heteroatoms. The average Bonchev–Trinajstić information content (AvgIpc) is 2.24. The molecule has 0 rings (SSSR count). The standard InChI is InChI=1S/C12H24O2Si/c1-6-15(7-2,8-3)10-9-14-12(13)11(4)5/h4,6-10H2,1-3,5H3. The van der Waals surface area contributed by atoms with Gasteiger partial charge >= 0.3 is 5.97 Å². The molecule has 0 N–H and O–H groups in total. The molecule has 0 saturated heterocycles. The zero-order valence-electron chi connectivity index (χ0n) is 10.6. The van der Waals surface area contributed by atoms with Crippen molar-refractivity contribution in [3.05, 3.63) is 12.2 Å². The van der Waals surface area contributed by atoms with Gasteiger partial charge in [-0.05, 0) is 13.0 Å². The van der Waals surface area contributed by atoms with Crippen LogP contribution in [0.4, 0.5) is 0 Å². The minimum absolute atomic E-state index is 0.249. The highest BCUT2D eigenvalue weighted by Crippen LogP contribution is 2.24. The second kappa shape index (κ2) is 6.83. The van der Waals surface area contributed by atoms with Crippen LogP contribution >= 0.6 is 0 Å². The molecule has 0 aliphatic rings. The molecule has 2 nitrogen and oxygen atoms in total.